The minimum absolute atomic E-state index is 0.184. The zero-order valence-electron chi connectivity index (χ0n) is 9.61. The van der Waals surface area contributed by atoms with Crippen LogP contribution in [0, 0.1) is 5.82 Å². The summed E-state index contributed by atoms with van der Waals surface area (Å²) in [5.74, 6) is 4.95. The molecule has 88 valence electrons. The molecule has 0 radical (unpaired) electrons. The SMILES string of the molecule is CC(C)N1c2ccc(F)cc2CC1CON. The lowest BCUT2D eigenvalue weighted by atomic mass is 10.1. The third-order valence-corrected chi connectivity index (χ3v) is 3.01. The first-order chi connectivity index (χ1) is 7.63. The lowest BCUT2D eigenvalue weighted by molar-refractivity contribution is 0.122. The Labute approximate surface area is 94.9 Å². The van der Waals surface area contributed by atoms with Gasteiger partial charge in [0.25, 0.3) is 0 Å². The largest absolute Gasteiger partial charge is 0.363 e. The molecular weight excluding hydrogens is 207 g/mol. The summed E-state index contributed by atoms with van der Waals surface area (Å²) in [6, 6.07) is 5.50. The van der Waals surface area contributed by atoms with Gasteiger partial charge in [-0.1, -0.05) is 0 Å². The molecule has 0 saturated heterocycles. The van der Waals surface area contributed by atoms with Crippen molar-refractivity contribution in [2.24, 2.45) is 5.90 Å². The average Bonchev–Trinajstić information content (AvgIpc) is 2.55. The highest BCUT2D eigenvalue weighted by Crippen LogP contribution is 2.34. The summed E-state index contributed by atoms with van der Waals surface area (Å²) in [5, 5.41) is 0. The fraction of sp³-hybridized carbons (Fsp3) is 0.500. The lowest BCUT2D eigenvalue weighted by Crippen LogP contribution is -2.41. The highest BCUT2D eigenvalue weighted by Gasteiger charge is 2.31. The van der Waals surface area contributed by atoms with Gasteiger partial charge in [0, 0.05) is 11.7 Å². The molecule has 16 heavy (non-hydrogen) atoms. The molecular formula is C12H17FN2O. The maximum absolute atomic E-state index is 13.1. The molecule has 1 atom stereocenters. The number of fused-ring (bicyclic) bond motifs is 1. The van der Waals surface area contributed by atoms with E-state index in [0.29, 0.717) is 12.6 Å². The molecule has 1 aromatic carbocycles. The number of rotatable bonds is 3. The van der Waals surface area contributed by atoms with Crippen LogP contribution in [0.4, 0.5) is 10.1 Å². The van der Waals surface area contributed by atoms with Gasteiger partial charge in [0.05, 0.1) is 12.6 Å². The van der Waals surface area contributed by atoms with Gasteiger partial charge >= 0.3 is 0 Å². The van der Waals surface area contributed by atoms with E-state index >= 15 is 0 Å². The van der Waals surface area contributed by atoms with Crippen molar-refractivity contribution in [1.29, 1.82) is 0 Å². The van der Waals surface area contributed by atoms with Crippen LogP contribution in [0.2, 0.25) is 0 Å². The van der Waals surface area contributed by atoms with Crippen LogP contribution in [-0.2, 0) is 11.3 Å². The second-order valence-electron chi connectivity index (χ2n) is 4.47. The first kappa shape index (κ1) is 11.4. The van der Waals surface area contributed by atoms with Crippen LogP contribution in [0.25, 0.3) is 0 Å². The van der Waals surface area contributed by atoms with Crippen LogP contribution in [0.15, 0.2) is 18.2 Å². The van der Waals surface area contributed by atoms with Crippen molar-refractivity contribution in [3.05, 3.63) is 29.6 Å². The molecule has 2 N–H and O–H groups in total. The van der Waals surface area contributed by atoms with Crippen LogP contribution in [0.1, 0.15) is 19.4 Å². The van der Waals surface area contributed by atoms with E-state index in [2.05, 4.69) is 18.7 Å². The van der Waals surface area contributed by atoms with E-state index in [1.54, 1.807) is 6.07 Å². The fourth-order valence-corrected chi connectivity index (χ4v) is 2.47. The monoisotopic (exact) mass is 224 g/mol. The Morgan fingerprint density at radius 1 is 1.56 bits per heavy atom. The Kier molecular flexibility index (Phi) is 3.12. The summed E-state index contributed by atoms with van der Waals surface area (Å²) >= 11 is 0. The zero-order chi connectivity index (χ0) is 11.7. The number of halogens is 1. The third-order valence-electron chi connectivity index (χ3n) is 3.01. The molecule has 1 aliphatic rings. The van der Waals surface area contributed by atoms with Gasteiger partial charge in [-0.25, -0.2) is 10.3 Å². The van der Waals surface area contributed by atoms with E-state index in [1.165, 1.54) is 6.07 Å². The molecule has 0 saturated carbocycles. The molecule has 0 amide bonds. The van der Waals surface area contributed by atoms with Gasteiger partial charge in [0.2, 0.25) is 0 Å². The number of hydrogen-bond acceptors (Lipinski definition) is 3. The second kappa shape index (κ2) is 4.39. The molecule has 0 fully saturated rings. The number of nitrogens with two attached hydrogens (primary N) is 1. The summed E-state index contributed by atoms with van der Waals surface area (Å²) < 4.78 is 13.1. The van der Waals surface area contributed by atoms with Crippen molar-refractivity contribution in [3.63, 3.8) is 0 Å². The number of benzene rings is 1. The van der Waals surface area contributed by atoms with Gasteiger partial charge in [-0.05, 0) is 44.0 Å². The number of hydrogen-bond donors (Lipinski definition) is 1. The Morgan fingerprint density at radius 2 is 2.31 bits per heavy atom. The van der Waals surface area contributed by atoms with E-state index in [4.69, 9.17) is 10.7 Å². The Morgan fingerprint density at radius 3 is 2.94 bits per heavy atom. The van der Waals surface area contributed by atoms with Gasteiger partial charge in [-0.3, -0.25) is 0 Å². The predicted octanol–water partition coefficient (Wildman–Crippen LogP) is 1.86. The lowest BCUT2D eigenvalue weighted by Gasteiger charge is -2.30. The van der Waals surface area contributed by atoms with Gasteiger partial charge in [0.1, 0.15) is 5.82 Å². The summed E-state index contributed by atoms with van der Waals surface area (Å²) in [5.41, 5.74) is 2.13. The molecule has 4 heteroatoms. The summed E-state index contributed by atoms with van der Waals surface area (Å²) in [6.45, 7) is 4.69. The standard InChI is InChI=1S/C12H17FN2O/c1-8(2)15-11(7-16-14)6-9-5-10(13)3-4-12(9)15/h3-5,8,11H,6-7,14H2,1-2H3. The van der Waals surface area contributed by atoms with E-state index in [9.17, 15) is 4.39 Å². The molecule has 1 aliphatic heterocycles. The van der Waals surface area contributed by atoms with Crippen molar-refractivity contribution in [2.45, 2.75) is 32.4 Å². The van der Waals surface area contributed by atoms with E-state index in [0.717, 1.165) is 17.7 Å². The Balaban J connectivity index is 2.33. The minimum atomic E-state index is -0.184. The minimum Gasteiger partial charge on any atom is -0.363 e. The van der Waals surface area contributed by atoms with Crippen LogP contribution in [-0.4, -0.2) is 18.7 Å². The zero-order valence-corrected chi connectivity index (χ0v) is 9.61. The van der Waals surface area contributed by atoms with Gasteiger partial charge in [-0.2, -0.15) is 0 Å². The van der Waals surface area contributed by atoms with Crippen LogP contribution in [0.5, 0.6) is 0 Å². The summed E-state index contributed by atoms with van der Waals surface area (Å²) in [4.78, 5) is 6.97. The van der Waals surface area contributed by atoms with Gasteiger partial charge < -0.3 is 9.74 Å². The summed E-state index contributed by atoms with van der Waals surface area (Å²) in [6.07, 6.45) is 0.794. The van der Waals surface area contributed by atoms with Crippen LogP contribution < -0.4 is 10.8 Å². The van der Waals surface area contributed by atoms with Crippen molar-refractivity contribution in [1.82, 2.24) is 0 Å². The van der Waals surface area contributed by atoms with Crippen LogP contribution >= 0.6 is 0 Å². The number of anilines is 1. The third kappa shape index (κ3) is 1.90. The first-order valence-electron chi connectivity index (χ1n) is 5.52. The molecule has 1 heterocycles. The van der Waals surface area contributed by atoms with E-state index in [-0.39, 0.29) is 11.9 Å². The highest BCUT2D eigenvalue weighted by atomic mass is 19.1. The maximum atomic E-state index is 13.1. The normalized spacial score (nSPS) is 19.3. The van der Waals surface area contributed by atoms with E-state index < -0.39 is 0 Å². The topological polar surface area (TPSA) is 38.5 Å². The van der Waals surface area contributed by atoms with Crippen LogP contribution in [0.3, 0.4) is 0 Å². The first-order valence-corrected chi connectivity index (χ1v) is 5.52. The maximum Gasteiger partial charge on any atom is 0.123 e. The van der Waals surface area contributed by atoms with Crippen molar-refractivity contribution in [2.75, 3.05) is 11.5 Å². The quantitative estimate of drug-likeness (QED) is 0.796. The molecule has 1 aromatic rings. The molecule has 0 bridgehead atoms. The predicted molar refractivity (Wildman–Crippen MR) is 61.6 cm³/mol. The van der Waals surface area contributed by atoms with Gasteiger partial charge in [0.15, 0.2) is 0 Å². The highest BCUT2D eigenvalue weighted by molar-refractivity contribution is 5.60. The average molecular weight is 224 g/mol. The summed E-state index contributed by atoms with van der Waals surface area (Å²) in [7, 11) is 0. The Hall–Kier alpha value is -1.13. The number of nitrogens with zero attached hydrogens (tertiary/aromatic N) is 1. The molecule has 3 nitrogen and oxygen atoms in total. The van der Waals surface area contributed by atoms with Crippen molar-refractivity contribution >= 4 is 5.69 Å². The van der Waals surface area contributed by atoms with E-state index in [1.807, 2.05) is 6.07 Å². The molecule has 0 aromatic heterocycles. The Bertz CT molecular complexity index is 381. The molecule has 0 aliphatic carbocycles. The smallest absolute Gasteiger partial charge is 0.123 e. The van der Waals surface area contributed by atoms with Crippen molar-refractivity contribution < 1.29 is 9.23 Å². The molecule has 2 rings (SSSR count). The van der Waals surface area contributed by atoms with Gasteiger partial charge in [-0.15, -0.1) is 0 Å². The fourth-order valence-electron chi connectivity index (χ4n) is 2.47. The molecule has 0 spiro atoms. The van der Waals surface area contributed by atoms with Crippen molar-refractivity contribution in [3.8, 4) is 0 Å². The molecule has 1 unspecified atom stereocenters. The second-order valence-corrected chi connectivity index (χ2v) is 4.47.